The Morgan fingerprint density at radius 3 is 2.61 bits per heavy atom. The normalized spacial score (nSPS) is 14.9. The first-order valence-electron chi connectivity index (χ1n) is 10.6. The number of aryl methyl sites for hydroxylation is 1. The van der Waals surface area contributed by atoms with Gasteiger partial charge in [0, 0.05) is 18.8 Å². The van der Waals surface area contributed by atoms with E-state index in [1.165, 1.54) is 33.3 Å². The van der Waals surface area contributed by atoms with E-state index in [2.05, 4.69) is 11.4 Å². The number of ether oxygens (including phenoxy) is 1. The largest absolute Gasteiger partial charge is 0.492 e. The van der Waals surface area contributed by atoms with Crippen LogP contribution >= 0.6 is 11.8 Å². The fourth-order valence-corrected chi connectivity index (χ4v) is 5.87. The highest BCUT2D eigenvalue weighted by molar-refractivity contribution is 7.99. The van der Waals surface area contributed by atoms with Crippen molar-refractivity contribution in [1.29, 1.82) is 0 Å². The van der Waals surface area contributed by atoms with Crippen LogP contribution in [0.3, 0.4) is 0 Å². The zero-order valence-electron chi connectivity index (χ0n) is 18.1. The highest BCUT2D eigenvalue weighted by Crippen LogP contribution is 2.30. The lowest BCUT2D eigenvalue weighted by atomic mass is 10.2. The number of thioether (sulfide) groups is 1. The van der Waals surface area contributed by atoms with Crippen LogP contribution in [-0.4, -0.2) is 44.1 Å². The number of rotatable bonds is 9. The SMILES string of the molecule is CCOc1ccc(S(=O)(=O)N2CCCCC2)cc1NC(=O)CSCc1cccc(C)c1. The molecular weight excluding hydrogens is 432 g/mol. The minimum absolute atomic E-state index is 0.181. The lowest BCUT2D eigenvalue weighted by Crippen LogP contribution is -2.35. The van der Waals surface area contributed by atoms with Crippen LogP contribution in [0.15, 0.2) is 47.4 Å². The number of amides is 1. The lowest BCUT2D eigenvalue weighted by Gasteiger charge is -2.26. The first kappa shape index (κ1) is 23.6. The number of carbonyl (C=O) groups excluding carboxylic acids is 1. The zero-order valence-corrected chi connectivity index (χ0v) is 19.7. The molecule has 0 aromatic heterocycles. The smallest absolute Gasteiger partial charge is 0.243 e. The average Bonchev–Trinajstić information content (AvgIpc) is 2.76. The summed E-state index contributed by atoms with van der Waals surface area (Å²) in [7, 11) is -3.59. The summed E-state index contributed by atoms with van der Waals surface area (Å²) in [5.41, 5.74) is 2.75. The molecule has 2 aromatic carbocycles. The maximum Gasteiger partial charge on any atom is 0.243 e. The molecule has 1 fully saturated rings. The van der Waals surface area contributed by atoms with Gasteiger partial charge in [-0.05, 0) is 50.5 Å². The molecule has 168 valence electrons. The summed E-state index contributed by atoms with van der Waals surface area (Å²) >= 11 is 1.51. The Balaban J connectivity index is 1.69. The van der Waals surface area contributed by atoms with Gasteiger partial charge in [-0.3, -0.25) is 4.79 Å². The third kappa shape index (κ3) is 6.48. The Morgan fingerprint density at radius 1 is 1.13 bits per heavy atom. The minimum atomic E-state index is -3.59. The number of carbonyl (C=O) groups is 1. The summed E-state index contributed by atoms with van der Waals surface area (Å²) in [5.74, 6) is 1.28. The van der Waals surface area contributed by atoms with Gasteiger partial charge < -0.3 is 10.1 Å². The van der Waals surface area contributed by atoms with Gasteiger partial charge >= 0.3 is 0 Å². The van der Waals surface area contributed by atoms with Crippen molar-refractivity contribution in [3.8, 4) is 5.75 Å². The van der Waals surface area contributed by atoms with Gasteiger partial charge in [-0.25, -0.2) is 8.42 Å². The van der Waals surface area contributed by atoms with Crippen LogP contribution in [0.5, 0.6) is 5.75 Å². The van der Waals surface area contributed by atoms with Crippen LogP contribution in [0, 0.1) is 6.92 Å². The summed E-state index contributed by atoms with van der Waals surface area (Å²) in [5, 5.41) is 2.84. The number of piperidine rings is 1. The van der Waals surface area contributed by atoms with Gasteiger partial charge in [0.15, 0.2) is 0 Å². The molecule has 1 heterocycles. The Kier molecular flexibility index (Phi) is 8.40. The second kappa shape index (κ2) is 11.0. The predicted octanol–water partition coefficient (Wildman–Crippen LogP) is 4.44. The van der Waals surface area contributed by atoms with Gasteiger partial charge in [-0.1, -0.05) is 36.2 Å². The summed E-state index contributed by atoms with van der Waals surface area (Å²) in [4.78, 5) is 12.7. The third-order valence-electron chi connectivity index (χ3n) is 5.06. The van der Waals surface area contributed by atoms with Crippen molar-refractivity contribution >= 4 is 33.4 Å². The molecule has 0 aliphatic carbocycles. The molecule has 1 N–H and O–H groups in total. The number of hydrogen-bond donors (Lipinski definition) is 1. The fourth-order valence-electron chi connectivity index (χ4n) is 3.55. The van der Waals surface area contributed by atoms with E-state index in [1.54, 1.807) is 12.1 Å². The van der Waals surface area contributed by atoms with Crippen molar-refractivity contribution in [1.82, 2.24) is 4.31 Å². The van der Waals surface area contributed by atoms with Crippen molar-refractivity contribution in [2.45, 2.75) is 43.8 Å². The second-order valence-corrected chi connectivity index (χ2v) is 10.5. The first-order valence-corrected chi connectivity index (χ1v) is 13.2. The number of nitrogens with one attached hydrogen (secondary N) is 1. The molecule has 6 nitrogen and oxygen atoms in total. The van der Waals surface area contributed by atoms with Crippen molar-refractivity contribution < 1.29 is 17.9 Å². The molecule has 1 aliphatic rings. The van der Waals surface area contributed by atoms with Crippen LogP contribution in [0.1, 0.15) is 37.3 Å². The lowest BCUT2D eigenvalue weighted by molar-refractivity contribution is -0.113. The number of anilines is 1. The van der Waals surface area contributed by atoms with Gasteiger partial charge in [0.25, 0.3) is 0 Å². The van der Waals surface area contributed by atoms with Crippen molar-refractivity contribution in [2.24, 2.45) is 0 Å². The maximum atomic E-state index is 13.0. The second-order valence-electron chi connectivity index (χ2n) is 7.59. The van der Waals surface area contributed by atoms with Crippen LogP contribution in [0.25, 0.3) is 0 Å². The molecule has 1 amide bonds. The van der Waals surface area contributed by atoms with Crippen LogP contribution in [0.4, 0.5) is 5.69 Å². The van der Waals surface area contributed by atoms with Gasteiger partial charge in [-0.15, -0.1) is 11.8 Å². The number of hydrogen-bond acceptors (Lipinski definition) is 5. The summed E-state index contributed by atoms with van der Waals surface area (Å²) in [6.07, 6.45) is 2.80. The van der Waals surface area contributed by atoms with Crippen LogP contribution in [-0.2, 0) is 20.6 Å². The molecule has 0 unspecified atom stereocenters. The average molecular weight is 463 g/mol. The molecule has 31 heavy (non-hydrogen) atoms. The predicted molar refractivity (Wildman–Crippen MR) is 126 cm³/mol. The molecule has 0 radical (unpaired) electrons. The molecule has 3 rings (SSSR count). The summed E-state index contributed by atoms with van der Waals surface area (Å²) in [6.45, 7) is 5.38. The molecule has 1 aliphatic heterocycles. The van der Waals surface area contributed by atoms with Crippen molar-refractivity contribution in [2.75, 3.05) is 30.8 Å². The number of sulfonamides is 1. The zero-order chi connectivity index (χ0) is 22.3. The van der Waals surface area contributed by atoms with E-state index in [4.69, 9.17) is 4.74 Å². The van der Waals surface area contributed by atoms with E-state index in [9.17, 15) is 13.2 Å². The van der Waals surface area contributed by atoms with E-state index in [0.29, 0.717) is 31.1 Å². The molecule has 0 atom stereocenters. The third-order valence-corrected chi connectivity index (χ3v) is 7.96. The molecular formula is C23H30N2O4S2. The number of benzene rings is 2. The van der Waals surface area contributed by atoms with E-state index in [1.807, 2.05) is 32.0 Å². The highest BCUT2D eigenvalue weighted by Gasteiger charge is 2.27. The van der Waals surface area contributed by atoms with Gasteiger partial charge in [0.1, 0.15) is 5.75 Å². The van der Waals surface area contributed by atoms with Crippen molar-refractivity contribution in [3.63, 3.8) is 0 Å². The first-order chi connectivity index (χ1) is 14.9. The monoisotopic (exact) mass is 462 g/mol. The van der Waals surface area contributed by atoms with Gasteiger partial charge in [0.2, 0.25) is 15.9 Å². The Morgan fingerprint density at radius 2 is 1.90 bits per heavy atom. The molecule has 2 aromatic rings. The van der Waals surface area contributed by atoms with Crippen molar-refractivity contribution in [3.05, 3.63) is 53.6 Å². The molecule has 0 saturated carbocycles. The van der Waals surface area contributed by atoms with Gasteiger partial charge in [0.05, 0.1) is 22.9 Å². The standard InChI is InChI=1S/C23H30N2O4S2/c1-3-29-22-11-10-20(31(27,28)25-12-5-4-6-13-25)15-21(22)24-23(26)17-30-16-19-9-7-8-18(2)14-19/h7-11,14-15H,3-6,12-13,16-17H2,1-2H3,(H,24,26). The van der Waals surface area contributed by atoms with Crippen LogP contribution < -0.4 is 10.1 Å². The van der Waals surface area contributed by atoms with E-state index in [0.717, 1.165) is 25.0 Å². The number of nitrogens with zero attached hydrogens (tertiary/aromatic N) is 1. The van der Waals surface area contributed by atoms with E-state index < -0.39 is 10.0 Å². The van der Waals surface area contributed by atoms with E-state index in [-0.39, 0.29) is 16.6 Å². The molecule has 0 bridgehead atoms. The summed E-state index contributed by atoms with van der Waals surface area (Å²) < 4.78 is 33.2. The summed E-state index contributed by atoms with van der Waals surface area (Å²) in [6, 6.07) is 12.9. The Bertz CT molecular complexity index is 1000. The van der Waals surface area contributed by atoms with Crippen LogP contribution in [0.2, 0.25) is 0 Å². The highest BCUT2D eigenvalue weighted by atomic mass is 32.2. The van der Waals surface area contributed by atoms with Gasteiger partial charge in [-0.2, -0.15) is 4.31 Å². The Hall–Kier alpha value is -2.03. The topological polar surface area (TPSA) is 75.7 Å². The quantitative estimate of drug-likeness (QED) is 0.596. The molecule has 0 spiro atoms. The minimum Gasteiger partial charge on any atom is -0.492 e. The molecule has 1 saturated heterocycles. The fraction of sp³-hybridized carbons (Fsp3) is 0.435. The maximum absolute atomic E-state index is 13.0. The Labute approximate surface area is 189 Å². The molecule has 8 heteroatoms. The van der Waals surface area contributed by atoms with E-state index >= 15 is 0 Å².